The normalized spacial score (nSPS) is 41.5. The van der Waals surface area contributed by atoms with E-state index in [9.17, 15) is 31.2 Å². The van der Waals surface area contributed by atoms with E-state index in [4.69, 9.17) is 0 Å². The van der Waals surface area contributed by atoms with Crippen molar-refractivity contribution in [2.75, 3.05) is 5.75 Å². The molecule has 168 valence electrons. The summed E-state index contributed by atoms with van der Waals surface area (Å²) in [4.78, 5) is 24.3. The zero-order valence-electron chi connectivity index (χ0n) is 17.4. The van der Waals surface area contributed by atoms with Gasteiger partial charge in [-0.15, -0.1) is 0 Å². The van der Waals surface area contributed by atoms with Crippen LogP contribution in [0.2, 0.25) is 0 Å². The number of carbonyl (C=O) groups excluding carboxylic acids is 2. The van der Waals surface area contributed by atoms with Crippen molar-refractivity contribution in [3.63, 3.8) is 0 Å². The number of carbonyl (C=O) groups is 2. The van der Waals surface area contributed by atoms with Crippen molar-refractivity contribution in [1.82, 2.24) is 0 Å². The zero-order valence-corrected chi connectivity index (χ0v) is 18.2. The number of halogens is 3. The molecule has 4 nitrogen and oxygen atoms in total. The molecule has 0 saturated heterocycles. The summed E-state index contributed by atoms with van der Waals surface area (Å²) in [6.07, 6.45) is 5.92. The monoisotopic (exact) mass is 446 g/mol. The lowest BCUT2D eigenvalue weighted by Gasteiger charge is -2.58. The average molecular weight is 447 g/mol. The number of hydrogen-bond acceptors (Lipinski definition) is 4. The van der Waals surface area contributed by atoms with Crippen molar-refractivity contribution in [2.24, 2.45) is 34.5 Å². The summed E-state index contributed by atoms with van der Waals surface area (Å²) in [5, 5.41) is 0. The molecule has 0 aromatic rings. The first-order valence-electron chi connectivity index (χ1n) is 10.9. The second-order valence-corrected chi connectivity index (χ2v) is 12.2. The molecule has 0 radical (unpaired) electrons. The molecule has 30 heavy (non-hydrogen) atoms. The number of hydrogen-bond donors (Lipinski definition) is 0. The molecule has 0 N–H and O–H groups in total. The van der Waals surface area contributed by atoms with Crippen LogP contribution in [0, 0.1) is 34.5 Å². The van der Waals surface area contributed by atoms with Crippen LogP contribution in [0.5, 0.6) is 0 Å². The first-order chi connectivity index (χ1) is 13.8. The Balaban J connectivity index is 1.76. The molecule has 3 fully saturated rings. The number of alkyl halides is 3. The van der Waals surface area contributed by atoms with E-state index in [1.54, 1.807) is 6.92 Å². The number of allylic oxidation sites excluding steroid dienone is 1. The molecule has 4 aliphatic rings. The van der Waals surface area contributed by atoms with Crippen LogP contribution in [0.4, 0.5) is 13.2 Å². The molecular formula is C22H29F3O4S. The number of fused-ring (bicyclic) bond motifs is 5. The molecule has 3 saturated carbocycles. The van der Waals surface area contributed by atoms with E-state index in [1.807, 2.05) is 0 Å². The summed E-state index contributed by atoms with van der Waals surface area (Å²) in [6.45, 7) is 3.76. The van der Waals surface area contributed by atoms with Gasteiger partial charge in [-0.25, -0.2) is 8.42 Å². The van der Waals surface area contributed by atoms with E-state index in [2.05, 4.69) is 6.92 Å². The van der Waals surface area contributed by atoms with Crippen LogP contribution in [0.3, 0.4) is 0 Å². The average Bonchev–Trinajstić information content (AvgIpc) is 2.98. The molecule has 6 atom stereocenters. The van der Waals surface area contributed by atoms with Gasteiger partial charge < -0.3 is 0 Å². The van der Waals surface area contributed by atoms with E-state index in [1.165, 1.54) is 6.08 Å². The summed E-state index contributed by atoms with van der Waals surface area (Å²) in [5.41, 5.74) is -5.96. The largest absolute Gasteiger partial charge is 0.497 e. The summed E-state index contributed by atoms with van der Waals surface area (Å²) >= 11 is 0. The highest BCUT2D eigenvalue weighted by molar-refractivity contribution is 7.92. The second kappa shape index (κ2) is 6.91. The van der Waals surface area contributed by atoms with Gasteiger partial charge in [-0.3, -0.25) is 9.59 Å². The van der Waals surface area contributed by atoms with E-state index in [-0.39, 0.29) is 53.5 Å². The maximum absolute atomic E-state index is 13.3. The predicted molar refractivity (Wildman–Crippen MR) is 105 cm³/mol. The minimum atomic E-state index is -5.31. The maximum Gasteiger partial charge on any atom is 0.497 e. The van der Waals surface area contributed by atoms with E-state index in [0.29, 0.717) is 18.4 Å². The fourth-order valence-corrected chi connectivity index (χ4v) is 9.11. The topological polar surface area (TPSA) is 68.3 Å². The maximum atomic E-state index is 13.3. The van der Waals surface area contributed by atoms with Crippen molar-refractivity contribution < 1.29 is 31.2 Å². The quantitative estimate of drug-likeness (QED) is 0.634. The Morgan fingerprint density at radius 3 is 2.43 bits per heavy atom. The van der Waals surface area contributed by atoms with Gasteiger partial charge in [-0.1, -0.05) is 12.5 Å². The van der Waals surface area contributed by atoms with Gasteiger partial charge in [0.05, 0.1) is 5.75 Å². The van der Waals surface area contributed by atoms with Gasteiger partial charge in [0, 0.05) is 17.8 Å². The Morgan fingerprint density at radius 1 is 1.10 bits per heavy atom. The Morgan fingerprint density at radius 2 is 1.80 bits per heavy atom. The Kier molecular flexibility index (Phi) is 5.07. The Labute approximate surface area is 175 Å². The van der Waals surface area contributed by atoms with Crippen LogP contribution in [0.1, 0.15) is 65.2 Å². The SMILES string of the molecule is CC(=O)[C@H]1CC[C@H]2[C@@H]3CCC4=CC(=O)CC[C@]4(CS(=O)(=O)C(F)(F)F)[C@H]3CC[C@]12C. The van der Waals surface area contributed by atoms with E-state index < -0.39 is 26.5 Å². The molecular weight excluding hydrogens is 417 g/mol. The first-order valence-corrected chi connectivity index (χ1v) is 12.5. The molecule has 0 aromatic heterocycles. The van der Waals surface area contributed by atoms with E-state index in [0.717, 1.165) is 25.7 Å². The Hall–Kier alpha value is -1.18. The fraction of sp³-hybridized carbons (Fsp3) is 0.818. The van der Waals surface area contributed by atoms with Gasteiger partial charge in [0.2, 0.25) is 9.84 Å². The molecule has 0 aliphatic heterocycles. The van der Waals surface area contributed by atoms with Crippen LogP contribution in [-0.4, -0.2) is 31.2 Å². The number of sulfone groups is 1. The smallest absolute Gasteiger partial charge is 0.300 e. The molecule has 8 heteroatoms. The van der Waals surface area contributed by atoms with Crippen molar-refractivity contribution in [3.8, 4) is 0 Å². The van der Waals surface area contributed by atoms with Gasteiger partial charge >= 0.3 is 5.51 Å². The van der Waals surface area contributed by atoms with Crippen molar-refractivity contribution >= 4 is 21.4 Å². The summed E-state index contributed by atoms with van der Waals surface area (Å²) in [7, 11) is -5.31. The lowest BCUT2D eigenvalue weighted by atomic mass is 9.46. The molecule has 0 unspecified atom stereocenters. The number of ketones is 2. The molecule has 0 amide bonds. The lowest BCUT2D eigenvalue weighted by molar-refractivity contribution is -0.128. The standard InChI is InChI=1S/C22H29F3O4S/c1-13(26)17-5-6-18-16-4-3-14-11-15(27)7-10-21(14,12-30(28,29)22(23,24)25)19(16)8-9-20(17,18)2/h11,16-19H,3-10,12H2,1-2H3/t16-,17+,18-,19-,20+,21+/m0/s1. The third-order valence-electron chi connectivity index (χ3n) is 8.98. The lowest BCUT2D eigenvalue weighted by Crippen LogP contribution is -2.55. The van der Waals surface area contributed by atoms with Crippen LogP contribution in [0.25, 0.3) is 0 Å². The highest BCUT2D eigenvalue weighted by atomic mass is 32.2. The van der Waals surface area contributed by atoms with Gasteiger partial charge in [0.1, 0.15) is 5.78 Å². The molecule has 4 aliphatic carbocycles. The number of Topliss-reactive ketones (excluding diaryl/α,β-unsaturated/α-hetero) is 1. The highest BCUT2D eigenvalue weighted by Gasteiger charge is 2.63. The first kappa shape index (κ1) is 22.0. The molecule has 0 aromatic carbocycles. The summed E-state index contributed by atoms with van der Waals surface area (Å²) in [5.74, 6) is -0.802. The van der Waals surface area contributed by atoms with Gasteiger partial charge in [-0.05, 0) is 81.1 Å². The second-order valence-electron chi connectivity index (χ2n) is 10.2. The van der Waals surface area contributed by atoms with Gasteiger partial charge in [0.15, 0.2) is 5.78 Å². The third-order valence-corrected chi connectivity index (χ3v) is 10.6. The van der Waals surface area contributed by atoms with Gasteiger partial charge in [0.25, 0.3) is 0 Å². The Bertz CT molecular complexity index is 906. The van der Waals surface area contributed by atoms with Crippen LogP contribution in [-0.2, 0) is 19.4 Å². The van der Waals surface area contributed by atoms with Crippen LogP contribution in [0.15, 0.2) is 11.6 Å². The molecule has 0 bridgehead atoms. The van der Waals surface area contributed by atoms with Crippen molar-refractivity contribution in [1.29, 1.82) is 0 Å². The van der Waals surface area contributed by atoms with Crippen molar-refractivity contribution in [3.05, 3.63) is 11.6 Å². The number of rotatable bonds is 3. The summed E-state index contributed by atoms with van der Waals surface area (Å²) < 4.78 is 64.6. The van der Waals surface area contributed by atoms with E-state index >= 15 is 0 Å². The third kappa shape index (κ3) is 3.11. The highest BCUT2D eigenvalue weighted by Crippen LogP contribution is 2.67. The van der Waals surface area contributed by atoms with Crippen molar-refractivity contribution in [2.45, 2.75) is 70.7 Å². The molecule has 0 heterocycles. The van der Waals surface area contributed by atoms with Crippen LogP contribution >= 0.6 is 0 Å². The zero-order chi connectivity index (χ0) is 22.1. The minimum absolute atomic E-state index is 0.0248. The fourth-order valence-electron chi connectivity index (χ4n) is 7.72. The summed E-state index contributed by atoms with van der Waals surface area (Å²) in [6, 6.07) is 0. The van der Waals surface area contributed by atoms with Gasteiger partial charge in [-0.2, -0.15) is 13.2 Å². The molecule has 4 rings (SSSR count). The van der Waals surface area contributed by atoms with Crippen LogP contribution < -0.4 is 0 Å². The predicted octanol–water partition coefficient (Wildman–Crippen LogP) is 4.64. The molecule has 0 spiro atoms. The minimum Gasteiger partial charge on any atom is -0.300 e.